The Morgan fingerprint density at radius 2 is 1.71 bits per heavy atom. The predicted molar refractivity (Wildman–Crippen MR) is 106 cm³/mol. The van der Waals surface area contributed by atoms with E-state index in [-0.39, 0.29) is 0 Å². The second kappa shape index (κ2) is 9.21. The molecule has 0 aliphatic rings. The van der Waals surface area contributed by atoms with Crippen LogP contribution in [0.15, 0.2) is 27.8 Å². The quantitative estimate of drug-likeness (QED) is 0.243. The lowest BCUT2D eigenvalue weighted by Crippen LogP contribution is -2.39. The highest BCUT2D eigenvalue weighted by Crippen LogP contribution is 2.34. The van der Waals surface area contributed by atoms with Crippen LogP contribution >= 0.6 is 15.9 Å². The average molecular weight is 527 g/mol. The van der Waals surface area contributed by atoms with Crippen molar-refractivity contribution in [2.45, 2.75) is 44.7 Å². The zero-order valence-corrected chi connectivity index (χ0v) is 19.4. The van der Waals surface area contributed by atoms with E-state index in [1.54, 1.807) is 27.7 Å². The fourth-order valence-electron chi connectivity index (χ4n) is 2.55. The Morgan fingerprint density at radius 3 is 2.26 bits per heavy atom. The number of carbonyl (C=O) groups is 1. The van der Waals surface area contributed by atoms with Crippen molar-refractivity contribution in [2.75, 3.05) is 6.54 Å². The Hall–Kier alpha value is -2.05. The van der Waals surface area contributed by atoms with E-state index in [1.165, 1.54) is 18.5 Å². The molecule has 0 aliphatic carbocycles. The van der Waals surface area contributed by atoms with Gasteiger partial charge < -0.3 is 4.74 Å². The van der Waals surface area contributed by atoms with Crippen LogP contribution in [0.1, 0.15) is 31.9 Å². The third-order valence-electron chi connectivity index (χ3n) is 3.98. The van der Waals surface area contributed by atoms with Gasteiger partial charge in [-0.3, -0.25) is 9.78 Å². The number of benzene rings is 1. The summed E-state index contributed by atoms with van der Waals surface area (Å²) in [4.78, 5) is 14.7. The van der Waals surface area contributed by atoms with Crippen LogP contribution in [-0.2, 0) is 26.1 Å². The first-order chi connectivity index (χ1) is 14.2. The molecule has 31 heavy (non-hydrogen) atoms. The average Bonchev–Trinajstić information content (AvgIpc) is 2.64. The van der Waals surface area contributed by atoms with Gasteiger partial charge in [0.15, 0.2) is 23.3 Å². The number of pyridine rings is 1. The Balaban J connectivity index is 2.62. The second-order valence-corrected chi connectivity index (χ2v) is 10.2. The van der Waals surface area contributed by atoms with Gasteiger partial charge in [-0.25, -0.2) is 26.0 Å². The van der Waals surface area contributed by atoms with Gasteiger partial charge in [0.25, 0.3) is 0 Å². The maximum Gasteiger partial charge on any atom is 0.321 e. The molecule has 2 aromatic rings. The molecule has 0 saturated carbocycles. The first kappa shape index (κ1) is 25.2. The number of carbonyl (C=O) groups excluding carboxylic acids is 1. The summed E-state index contributed by atoms with van der Waals surface area (Å²) in [5.41, 5.74) is -0.0245. The number of hydrogen-bond donors (Lipinski definition) is 0. The Kier molecular flexibility index (Phi) is 7.49. The van der Waals surface area contributed by atoms with E-state index in [4.69, 9.17) is 4.74 Å². The number of ether oxygens (including phenoxy) is 1. The third kappa shape index (κ3) is 5.60. The van der Waals surface area contributed by atoms with Crippen LogP contribution in [-0.4, -0.2) is 35.8 Å². The lowest BCUT2D eigenvalue weighted by Gasteiger charge is -2.26. The highest BCUT2D eigenvalue weighted by molar-refractivity contribution is 9.10. The molecular formula is C19H19BrF4N2O4S. The van der Waals surface area contributed by atoms with Gasteiger partial charge in [0, 0.05) is 18.9 Å². The highest BCUT2D eigenvalue weighted by atomic mass is 79.9. The molecule has 0 atom stereocenters. The van der Waals surface area contributed by atoms with Crippen molar-refractivity contribution in [2.24, 2.45) is 0 Å². The van der Waals surface area contributed by atoms with Crippen molar-refractivity contribution in [1.29, 1.82) is 0 Å². The lowest BCUT2D eigenvalue weighted by atomic mass is 10.1. The standard InChI is InChI=1S/C19H19BrF4N2O4S/c1-10-7-25-6-5-11(10)8-26(9-12(27)30-19(2,3)4)31(28,29)18-13(20)14(21)15(22)16(23)17(18)24/h5-7H,8-9H2,1-4H3. The van der Waals surface area contributed by atoms with E-state index in [9.17, 15) is 30.8 Å². The molecule has 12 heteroatoms. The predicted octanol–water partition coefficient (Wildman–Crippen LogP) is 4.24. The van der Waals surface area contributed by atoms with Crippen LogP contribution in [0, 0.1) is 30.2 Å². The molecule has 0 N–H and O–H groups in total. The molecule has 0 unspecified atom stereocenters. The number of hydrogen-bond acceptors (Lipinski definition) is 5. The van der Waals surface area contributed by atoms with Crippen LogP contribution in [0.4, 0.5) is 17.6 Å². The summed E-state index contributed by atoms with van der Waals surface area (Å²) >= 11 is 2.48. The van der Waals surface area contributed by atoms with Crippen molar-refractivity contribution in [1.82, 2.24) is 9.29 Å². The maximum atomic E-state index is 14.4. The van der Waals surface area contributed by atoms with Crippen LogP contribution in [0.25, 0.3) is 0 Å². The number of rotatable bonds is 6. The Labute approximate surface area is 185 Å². The van der Waals surface area contributed by atoms with E-state index in [1.807, 2.05) is 0 Å². The van der Waals surface area contributed by atoms with Crippen molar-refractivity contribution in [3.05, 3.63) is 57.3 Å². The molecule has 0 aliphatic heterocycles. The minimum Gasteiger partial charge on any atom is -0.459 e. The summed E-state index contributed by atoms with van der Waals surface area (Å²) in [5.74, 6) is -9.49. The monoisotopic (exact) mass is 526 g/mol. The largest absolute Gasteiger partial charge is 0.459 e. The summed E-state index contributed by atoms with van der Waals surface area (Å²) in [7, 11) is -5.05. The Morgan fingerprint density at radius 1 is 1.13 bits per heavy atom. The molecule has 0 radical (unpaired) electrons. The lowest BCUT2D eigenvalue weighted by molar-refractivity contribution is -0.155. The number of aryl methyl sites for hydroxylation is 1. The smallest absolute Gasteiger partial charge is 0.321 e. The fraction of sp³-hybridized carbons (Fsp3) is 0.368. The first-order valence-corrected chi connectivity index (χ1v) is 11.0. The van der Waals surface area contributed by atoms with Gasteiger partial charge in [-0.1, -0.05) is 0 Å². The maximum absolute atomic E-state index is 14.4. The molecule has 0 amide bonds. The Bertz CT molecular complexity index is 1090. The minimum absolute atomic E-state index is 0.390. The first-order valence-electron chi connectivity index (χ1n) is 8.79. The molecule has 2 rings (SSSR count). The summed E-state index contributed by atoms with van der Waals surface area (Å²) in [6, 6.07) is 1.46. The van der Waals surface area contributed by atoms with Gasteiger partial charge in [0.2, 0.25) is 10.0 Å². The van der Waals surface area contributed by atoms with E-state index in [2.05, 4.69) is 20.9 Å². The van der Waals surface area contributed by atoms with Crippen molar-refractivity contribution < 1.29 is 35.5 Å². The number of halogens is 5. The molecule has 0 fully saturated rings. The number of nitrogens with zero attached hydrogens (tertiary/aromatic N) is 2. The molecule has 0 saturated heterocycles. The second-order valence-electron chi connectivity index (χ2n) is 7.56. The topological polar surface area (TPSA) is 76.6 Å². The number of sulfonamides is 1. The number of aromatic nitrogens is 1. The van der Waals surface area contributed by atoms with E-state index < -0.39 is 67.3 Å². The molecule has 170 valence electrons. The van der Waals surface area contributed by atoms with Crippen LogP contribution in [0.2, 0.25) is 0 Å². The molecule has 6 nitrogen and oxygen atoms in total. The highest BCUT2D eigenvalue weighted by Gasteiger charge is 2.37. The molecular weight excluding hydrogens is 508 g/mol. The van der Waals surface area contributed by atoms with Gasteiger partial charge in [0.05, 0.1) is 4.47 Å². The SMILES string of the molecule is Cc1cnccc1CN(CC(=O)OC(C)(C)C)S(=O)(=O)c1c(F)c(F)c(F)c(F)c1Br. The molecule has 0 bridgehead atoms. The van der Waals surface area contributed by atoms with E-state index in [0.29, 0.717) is 15.4 Å². The normalized spacial score (nSPS) is 12.3. The van der Waals surface area contributed by atoms with Crippen molar-refractivity contribution >= 4 is 31.9 Å². The van der Waals surface area contributed by atoms with Crippen LogP contribution in [0.5, 0.6) is 0 Å². The molecule has 1 aromatic heterocycles. The van der Waals surface area contributed by atoms with Gasteiger partial charge in [-0.15, -0.1) is 0 Å². The molecule has 1 heterocycles. The summed E-state index contributed by atoms with van der Waals surface area (Å²) in [5, 5.41) is 0. The third-order valence-corrected chi connectivity index (χ3v) is 6.82. The van der Waals surface area contributed by atoms with Gasteiger partial charge in [-0.05, 0) is 60.8 Å². The van der Waals surface area contributed by atoms with Gasteiger partial charge >= 0.3 is 5.97 Å². The van der Waals surface area contributed by atoms with Crippen LogP contribution < -0.4 is 0 Å². The summed E-state index contributed by atoms with van der Waals surface area (Å²) in [6.07, 6.45) is 2.80. The van der Waals surface area contributed by atoms with Crippen molar-refractivity contribution in [3.63, 3.8) is 0 Å². The summed E-state index contributed by atoms with van der Waals surface area (Å²) < 4.78 is 86.6. The van der Waals surface area contributed by atoms with Crippen molar-refractivity contribution in [3.8, 4) is 0 Å². The van der Waals surface area contributed by atoms with Gasteiger partial charge in [-0.2, -0.15) is 4.31 Å². The van der Waals surface area contributed by atoms with E-state index >= 15 is 0 Å². The molecule has 0 spiro atoms. The number of esters is 1. The fourth-order valence-corrected chi connectivity index (χ4v) is 4.99. The zero-order valence-electron chi connectivity index (χ0n) is 17.0. The molecule has 1 aromatic carbocycles. The minimum atomic E-state index is -5.05. The van der Waals surface area contributed by atoms with Gasteiger partial charge in [0.1, 0.15) is 17.0 Å². The zero-order chi connectivity index (χ0) is 23.7. The van der Waals surface area contributed by atoms with Crippen LogP contribution in [0.3, 0.4) is 0 Å². The van der Waals surface area contributed by atoms with E-state index in [0.717, 1.165) is 0 Å². The summed E-state index contributed by atoms with van der Waals surface area (Å²) in [6.45, 7) is 4.91.